The summed E-state index contributed by atoms with van der Waals surface area (Å²) in [6, 6.07) is 8.63. The van der Waals surface area contributed by atoms with Gasteiger partial charge in [-0.15, -0.1) is 0 Å². The number of carbonyl (C=O) groups is 5. The number of nitrogens with one attached hydrogen (secondary N) is 5. The van der Waals surface area contributed by atoms with Crippen molar-refractivity contribution in [3.05, 3.63) is 53.6 Å². The summed E-state index contributed by atoms with van der Waals surface area (Å²) in [5, 5.41) is 14.0. The third-order valence-corrected chi connectivity index (χ3v) is 8.10. The van der Waals surface area contributed by atoms with Crippen LogP contribution in [0, 0.1) is 11.8 Å². The summed E-state index contributed by atoms with van der Waals surface area (Å²) in [6.45, 7) is 11.9. The molecule has 0 aliphatic carbocycles. The fourth-order valence-electron chi connectivity index (χ4n) is 5.51. The third-order valence-electron chi connectivity index (χ3n) is 8.10. The van der Waals surface area contributed by atoms with Gasteiger partial charge in [-0.2, -0.15) is 0 Å². The molecule has 2 aromatic rings. The van der Waals surface area contributed by atoms with Crippen LogP contribution in [-0.4, -0.2) is 80.6 Å². The second-order valence-corrected chi connectivity index (χ2v) is 13.2. The largest absolute Gasteiger partial charge is 0.493 e. The van der Waals surface area contributed by atoms with E-state index in [0.29, 0.717) is 37.4 Å². The second kappa shape index (κ2) is 19.4. The summed E-state index contributed by atoms with van der Waals surface area (Å²) in [6.07, 6.45) is 1.07. The lowest BCUT2D eigenvalue weighted by molar-refractivity contribution is -0.134. The minimum Gasteiger partial charge on any atom is -0.493 e. The van der Waals surface area contributed by atoms with Crippen molar-refractivity contribution in [3.8, 4) is 17.2 Å². The standard InChI is InChI=1S/C37H53N5O8/c1-8-49-30-16-15-25(19-31(30)48-7)12-11-17-38-35(45)28-20-32(43)40-27(18-22(2)3)36(46)42-33(23(4)5)37(47)39-24(6)21-50-29-14-10-9-13-26(29)34(44)41-28/h9-10,13-16,19,22-24,27-28,33H,8,11-12,17-18,20-21H2,1-7H3,(H,38,45)(H,39,47)(H,40,43)(H,41,44)(H,42,46)/t24-,27-,28-,33+/m0/s1. The third kappa shape index (κ3) is 12.0. The van der Waals surface area contributed by atoms with Crippen LogP contribution in [0.25, 0.3) is 0 Å². The zero-order valence-electron chi connectivity index (χ0n) is 30.2. The van der Waals surface area contributed by atoms with Crippen molar-refractivity contribution >= 4 is 29.5 Å². The highest BCUT2D eigenvalue weighted by atomic mass is 16.5. The van der Waals surface area contributed by atoms with Gasteiger partial charge in [-0.3, -0.25) is 24.0 Å². The number of hydrogen-bond acceptors (Lipinski definition) is 8. The molecule has 3 rings (SSSR count). The van der Waals surface area contributed by atoms with E-state index in [9.17, 15) is 24.0 Å². The Morgan fingerprint density at radius 3 is 2.38 bits per heavy atom. The van der Waals surface area contributed by atoms with E-state index in [4.69, 9.17) is 14.2 Å². The molecule has 0 saturated carbocycles. The highest BCUT2D eigenvalue weighted by Gasteiger charge is 2.32. The summed E-state index contributed by atoms with van der Waals surface area (Å²) in [5.74, 6) is -1.41. The first-order valence-electron chi connectivity index (χ1n) is 17.3. The maximum atomic E-state index is 13.6. The highest BCUT2D eigenvalue weighted by molar-refractivity contribution is 6.01. The highest BCUT2D eigenvalue weighted by Crippen LogP contribution is 2.28. The van der Waals surface area contributed by atoms with Gasteiger partial charge in [0.15, 0.2) is 11.5 Å². The molecule has 4 atom stereocenters. The monoisotopic (exact) mass is 695 g/mol. The van der Waals surface area contributed by atoms with E-state index in [0.717, 1.165) is 5.56 Å². The zero-order valence-corrected chi connectivity index (χ0v) is 30.2. The lowest BCUT2D eigenvalue weighted by Gasteiger charge is -2.27. The quantitative estimate of drug-likeness (QED) is 0.223. The first-order chi connectivity index (χ1) is 23.8. The van der Waals surface area contributed by atoms with Crippen molar-refractivity contribution in [3.63, 3.8) is 0 Å². The van der Waals surface area contributed by atoms with Crippen molar-refractivity contribution in [1.82, 2.24) is 26.6 Å². The molecule has 0 saturated heterocycles. The van der Waals surface area contributed by atoms with Gasteiger partial charge in [0, 0.05) is 6.54 Å². The van der Waals surface area contributed by atoms with Gasteiger partial charge in [-0.05, 0) is 74.8 Å². The number of carbonyl (C=O) groups excluding carboxylic acids is 5. The van der Waals surface area contributed by atoms with Gasteiger partial charge in [0.1, 0.15) is 30.5 Å². The van der Waals surface area contributed by atoms with E-state index < -0.39 is 60.1 Å². The molecule has 0 radical (unpaired) electrons. The Hall–Kier alpha value is -4.81. The van der Waals surface area contributed by atoms with E-state index >= 15 is 0 Å². The molecule has 5 N–H and O–H groups in total. The van der Waals surface area contributed by atoms with E-state index in [1.165, 1.54) is 0 Å². The SMILES string of the molecule is CCOc1ccc(CCCNC(=O)[C@@H]2CC(=O)N[C@@H](CC(C)C)C(=O)N[C@H](C(C)C)C(=O)N[C@@H](C)COc3ccccc3C(=O)N2)cc1OC. The minimum atomic E-state index is -1.26. The Kier molecular flexibility index (Phi) is 15.4. The first-order valence-corrected chi connectivity index (χ1v) is 17.3. The van der Waals surface area contributed by atoms with Crippen LogP contribution in [0.4, 0.5) is 0 Å². The van der Waals surface area contributed by atoms with Crippen LogP contribution in [0.15, 0.2) is 42.5 Å². The minimum absolute atomic E-state index is 0.0225. The molecule has 50 heavy (non-hydrogen) atoms. The molecule has 13 heteroatoms. The van der Waals surface area contributed by atoms with Crippen molar-refractivity contribution in [2.75, 3.05) is 26.9 Å². The molecule has 2 aromatic carbocycles. The predicted octanol–water partition coefficient (Wildman–Crippen LogP) is 2.90. The van der Waals surface area contributed by atoms with Gasteiger partial charge in [-0.1, -0.05) is 45.9 Å². The fraction of sp³-hybridized carbons (Fsp3) is 0.541. The normalized spacial score (nSPS) is 20.7. The molecule has 0 unspecified atom stereocenters. The van der Waals surface area contributed by atoms with Gasteiger partial charge >= 0.3 is 0 Å². The van der Waals surface area contributed by atoms with Crippen molar-refractivity contribution in [2.24, 2.45) is 11.8 Å². The summed E-state index contributed by atoms with van der Waals surface area (Å²) >= 11 is 0. The van der Waals surface area contributed by atoms with E-state index in [-0.39, 0.29) is 36.3 Å². The molecule has 1 heterocycles. The first kappa shape index (κ1) is 39.6. The lowest BCUT2D eigenvalue weighted by Crippen LogP contribution is -2.57. The Labute approximate surface area is 295 Å². The van der Waals surface area contributed by atoms with Gasteiger partial charge in [-0.25, -0.2) is 0 Å². The predicted molar refractivity (Wildman–Crippen MR) is 189 cm³/mol. The van der Waals surface area contributed by atoms with Crippen LogP contribution in [0.2, 0.25) is 0 Å². The van der Waals surface area contributed by atoms with Crippen LogP contribution in [0.3, 0.4) is 0 Å². The smallest absolute Gasteiger partial charge is 0.255 e. The lowest BCUT2D eigenvalue weighted by atomic mass is 9.99. The molecule has 0 bridgehead atoms. The van der Waals surface area contributed by atoms with Crippen LogP contribution in [-0.2, 0) is 25.6 Å². The topological polar surface area (TPSA) is 173 Å². The average Bonchev–Trinajstić information content (AvgIpc) is 3.07. The molecule has 13 nitrogen and oxygen atoms in total. The van der Waals surface area contributed by atoms with E-state index in [1.54, 1.807) is 38.3 Å². The Morgan fingerprint density at radius 1 is 0.960 bits per heavy atom. The Morgan fingerprint density at radius 2 is 1.70 bits per heavy atom. The second-order valence-electron chi connectivity index (χ2n) is 13.2. The van der Waals surface area contributed by atoms with Gasteiger partial charge in [0.05, 0.1) is 31.7 Å². The summed E-state index contributed by atoms with van der Waals surface area (Å²) in [4.78, 5) is 67.3. The van der Waals surface area contributed by atoms with Crippen LogP contribution in [0.1, 0.15) is 76.7 Å². The maximum Gasteiger partial charge on any atom is 0.255 e. The van der Waals surface area contributed by atoms with Gasteiger partial charge in [0.2, 0.25) is 23.6 Å². The van der Waals surface area contributed by atoms with Crippen molar-refractivity contribution in [1.29, 1.82) is 0 Å². The Balaban J connectivity index is 1.84. The van der Waals surface area contributed by atoms with Crippen LogP contribution >= 0.6 is 0 Å². The van der Waals surface area contributed by atoms with Crippen LogP contribution in [0.5, 0.6) is 17.2 Å². The number of benzene rings is 2. The molecular weight excluding hydrogens is 642 g/mol. The molecular formula is C37H53N5O8. The average molecular weight is 696 g/mol. The Bertz CT molecular complexity index is 1480. The molecule has 274 valence electrons. The van der Waals surface area contributed by atoms with Crippen molar-refractivity contribution in [2.45, 2.75) is 91.4 Å². The maximum absolute atomic E-state index is 13.6. The molecule has 0 fully saturated rings. The number of ether oxygens (including phenoxy) is 3. The number of hydrogen-bond donors (Lipinski definition) is 5. The number of methoxy groups -OCH3 is 1. The summed E-state index contributed by atoms with van der Waals surface area (Å²) in [5.41, 5.74) is 1.15. The van der Waals surface area contributed by atoms with E-state index in [1.807, 2.05) is 52.8 Å². The van der Waals surface area contributed by atoms with Gasteiger partial charge < -0.3 is 40.8 Å². The molecule has 1 aliphatic heterocycles. The molecule has 5 amide bonds. The molecule has 1 aliphatic rings. The van der Waals surface area contributed by atoms with E-state index in [2.05, 4.69) is 26.6 Å². The molecule has 0 aromatic heterocycles. The number of fused-ring (bicyclic) bond motifs is 1. The zero-order chi connectivity index (χ0) is 36.8. The number of rotatable bonds is 11. The molecule has 0 spiro atoms. The van der Waals surface area contributed by atoms with Gasteiger partial charge in [0.25, 0.3) is 5.91 Å². The number of aryl methyl sites for hydroxylation is 1. The summed E-state index contributed by atoms with van der Waals surface area (Å²) < 4.78 is 17.0. The summed E-state index contributed by atoms with van der Waals surface area (Å²) in [7, 11) is 1.58. The van der Waals surface area contributed by atoms with Crippen LogP contribution < -0.4 is 40.8 Å². The number of para-hydroxylation sites is 1. The van der Waals surface area contributed by atoms with Crippen molar-refractivity contribution < 1.29 is 38.2 Å². The number of amides is 5. The fourth-order valence-corrected chi connectivity index (χ4v) is 5.51.